The number of aliphatic carboxylic acids is 1. The molecule has 20 heavy (non-hydrogen) atoms. The number of carbonyl (C=O) groups is 1. The molecule has 1 heterocycles. The van der Waals surface area contributed by atoms with Gasteiger partial charge in [-0.25, -0.2) is 4.98 Å². The lowest BCUT2D eigenvalue weighted by Crippen LogP contribution is -2.00. The fourth-order valence-electron chi connectivity index (χ4n) is 2.10. The predicted molar refractivity (Wildman–Crippen MR) is 79.5 cm³/mol. The second-order valence-electron chi connectivity index (χ2n) is 4.48. The quantitative estimate of drug-likeness (QED) is 0.916. The molecule has 0 unspecified atom stereocenters. The van der Waals surface area contributed by atoms with Gasteiger partial charge >= 0.3 is 5.97 Å². The number of carboxylic acids is 1. The summed E-state index contributed by atoms with van der Waals surface area (Å²) in [6, 6.07) is 5.79. The summed E-state index contributed by atoms with van der Waals surface area (Å²) in [4.78, 5) is 16.2. The Hall–Kier alpha value is -1.88. The number of rotatable bonds is 5. The maximum Gasteiger partial charge on any atom is 0.308 e. The van der Waals surface area contributed by atoms with E-state index in [2.05, 4.69) is 4.98 Å². The third-order valence-corrected chi connectivity index (χ3v) is 3.85. The predicted octanol–water partition coefficient (Wildman–Crippen LogP) is 3.45. The molecular weight excluding hydrogens is 274 g/mol. The van der Waals surface area contributed by atoms with Crippen LogP contribution in [0.3, 0.4) is 0 Å². The number of aromatic nitrogens is 1. The SMILES string of the molecule is CCOc1ccc(-c2nc(C)sc2CC(=O)O)c(C)c1. The van der Waals surface area contributed by atoms with E-state index >= 15 is 0 Å². The van der Waals surface area contributed by atoms with Crippen molar-refractivity contribution in [3.05, 3.63) is 33.6 Å². The maximum absolute atomic E-state index is 10.9. The lowest BCUT2D eigenvalue weighted by Gasteiger charge is -2.08. The van der Waals surface area contributed by atoms with Gasteiger partial charge in [-0.1, -0.05) is 0 Å². The number of thiazole rings is 1. The molecule has 5 heteroatoms. The maximum atomic E-state index is 10.9. The van der Waals surface area contributed by atoms with Crippen LogP contribution >= 0.6 is 11.3 Å². The number of carboxylic acid groups (broad SMARTS) is 1. The van der Waals surface area contributed by atoms with Crippen LogP contribution in [-0.4, -0.2) is 22.7 Å². The number of ether oxygens (including phenoxy) is 1. The van der Waals surface area contributed by atoms with Gasteiger partial charge in [0.2, 0.25) is 0 Å². The van der Waals surface area contributed by atoms with Crippen molar-refractivity contribution >= 4 is 17.3 Å². The lowest BCUT2D eigenvalue weighted by atomic mass is 10.0. The molecule has 0 aliphatic rings. The first-order valence-electron chi connectivity index (χ1n) is 6.43. The molecule has 0 spiro atoms. The van der Waals surface area contributed by atoms with E-state index in [9.17, 15) is 4.79 Å². The molecule has 2 rings (SSSR count). The molecule has 0 saturated heterocycles. The minimum atomic E-state index is -0.835. The Morgan fingerprint density at radius 2 is 2.15 bits per heavy atom. The Labute approximate surface area is 122 Å². The van der Waals surface area contributed by atoms with E-state index < -0.39 is 5.97 Å². The second-order valence-corrected chi connectivity index (χ2v) is 5.77. The molecule has 0 atom stereocenters. The molecule has 106 valence electrons. The second kappa shape index (κ2) is 6.05. The third kappa shape index (κ3) is 3.17. The summed E-state index contributed by atoms with van der Waals surface area (Å²) in [6.07, 6.45) is 0.00743. The van der Waals surface area contributed by atoms with Gasteiger partial charge in [0, 0.05) is 10.4 Å². The summed E-state index contributed by atoms with van der Waals surface area (Å²) in [6.45, 7) is 6.44. The van der Waals surface area contributed by atoms with Crippen LogP contribution < -0.4 is 4.74 Å². The van der Waals surface area contributed by atoms with Crippen LogP contribution in [0.2, 0.25) is 0 Å². The molecule has 1 aromatic carbocycles. The summed E-state index contributed by atoms with van der Waals surface area (Å²) in [5.74, 6) is -0.0148. The zero-order chi connectivity index (χ0) is 14.7. The Morgan fingerprint density at radius 3 is 2.75 bits per heavy atom. The van der Waals surface area contributed by atoms with E-state index in [1.165, 1.54) is 11.3 Å². The first-order chi connectivity index (χ1) is 9.51. The van der Waals surface area contributed by atoms with Crippen LogP contribution in [0.1, 0.15) is 22.4 Å². The van der Waals surface area contributed by atoms with Crippen molar-refractivity contribution in [2.24, 2.45) is 0 Å². The number of aryl methyl sites for hydroxylation is 2. The van der Waals surface area contributed by atoms with Gasteiger partial charge in [-0.15, -0.1) is 11.3 Å². The van der Waals surface area contributed by atoms with Gasteiger partial charge in [0.25, 0.3) is 0 Å². The van der Waals surface area contributed by atoms with Crippen LogP contribution in [-0.2, 0) is 11.2 Å². The fourth-order valence-corrected chi connectivity index (χ4v) is 3.04. The van der Waals surface area contributed by atoms with E-state index in [0.29, 0.717) is 6.61 Å². The van der Waals surface area contributed by atoms with Crippen molar-refractivity contribution in [3.8, 4) is 17.0 Å². The van der Waals surface area contributed by atoms with E-state index in [4.69, 9.17) is 9.84 Å². The highest BCUT2D eigenvalue weighted by molar-refractivity contribution is 7.12. The summed E-state index contributed by atoms with van der Waals surface area (Å²) < 4.78 is 5.47. The van der Waals surface area contributed by atoms with E-state index in [1.807, 2.05) is 39.0 Å². The Balaban J connectivity index is 2.43. The summed E-state index contributed by atoms with van der Waals surface area (Å²) in [7, 11) is 0. The van der Waals surface area contributed by atoms with E-state index in [-0.39, 0.29) is 6.42 Å². The average Bonchev–Trinajstić information content (AvgIpc) is 2.69. The van der Waals surface area contributed by atoms with Crippen LogP contribution in [0.5, 0.6) is 5.75 Å². The normalized spacial score (nSPS) is 10.6. The number of nitrogens with zero attached hydrogens (tertiary/aromatic N) is 1. The smallest absolute Gasteiger partial charge is 0.308 e. The largest absolute Gasteiger partial charge is 0.494 e. The molecule has 0 aliphatic carbocycles. The number of hydrogen-bond acceptors (Lipinski definition) is 4. The molecule has 2 aromatic rings. The van der Waals surface area contributed by atoms with Crippen LogP contribution in [0.15, 0.2) is 18.2 Å². The van der Waals surface area contributed by atoms with Crippen molar-refractivity contribution in [2.45, 2.75) is 27.2 Å². The van der Waals surface area contributed by atoms with Gasteiger partial charge in [0.15, 0.2) is 0 Å². The highest BCUT2D eigenvalue weighted by Crippen LogP contribution is 2.32. The van der Waals surface area contributed by atoms with Crippen LogP contribution in [0.4, 0.5) is 0 Å². The van der Waals surface area contributed by atoms with Gasteiger partial charge in [-0.3, -0.25) is 4.79 Å². The van der Waals surface area contributed by atoms with Crippen LogP contribution in [0, 0.1) is 13.8 Å². The van der Waals surface area contributed by atoms with Crippen molar-refractivity contribution in [2.75, 3.05) is 6.61 Å². The molecule has 0 amide bonds. The molecular formula is C15H17NO3S. The van der Waals surface area contributed by atoms with Crippen LogP contribution in [0.25, 0.3) is 11.3 Å². The molecule has 1 aromatic heterocycles. The minimum Gasteiger partial charge on any atom is -0.494 e. The molecule has 0 aliphatic heterocycles. The van der Waals surface area contributed by atoms with Crippen molar-refractivity contribution in [1.29, 1.82) is 0 Å². The average molecular weight is 291 g/mol. The lowest BCUT2D eigenvalue weighted by molar-refractivity contribution is -0.136. The van der Waals surface area contributed by atoms with Gasteiger partial charge in [-0.05, 0) is 44.5 Å². The first kappa shape index (κ1) is 14.5. The fraction of sp³-hybridized carbons (Fsp3) is 0.333. The molecule has 0 saturated carbocycles. The van der Waals surface area contributed by atoms with E-state index in [0.717, 1.165) is 32.5 Å². The Bertz CT molecular complexity index is 634. The van der Waals surface area contributed by atoms with Gasteiger partial charge in [0.05, 0.1) is 23.7 Å². The summed E-state index contributed by atoms with van der Waals surface area (Å²) in [5.41, 5.74) is 2.78. The van der Waals surface area contributed by atoms with Crippen molar-refractivity contribution < 1.29 is 14.6 Å². The number of benzene rings is 1. The Kier molecular flexibility index (Phi) is 4.39. The first-order valence-corrected chi connectivity index (χ1v) is 7.24. The minimum absolute atomic E-state index is 0.00743. The molecule has 0 bridgehead atoms. The zero-order valence-corrected chi connectivity index (χ0v) is 12.6. The van der Waals surface area contributed by atoms with Gasteiger partial charge in [-0.2, -0.15) is 0 Å². The topological polar surface area (TPSA) is 59.4 Å². The standard InChI is InChI=1S/C15H17NO3S/c1-4-19-11-5-6-12(9(2)7-11)15-13(8-14(17)18)20-10(3)16-15/h5-7H,4,8H2,1-3H3,(H,17,18). The van der Waals surface area contributed by atoms with Gasteiger partial charge in [0.1, 0.15) is 5.75 Å². The molecule has 0 radical (unpaired) electrons. The molecule has 1 N–H and O–H groups in total. The number of hydrogen-bond donors (Lipinski definition) is 1. The zero-order valence-electron chi connectivity index (χ0n) is 11.8. The summed E-state index contributed by atoms with van der Waals surface area (Å²) in [5, 5.41) is 9.87. The van der Waals surface area contributed by atoms with Crippen molar-refractivity contribution in [3.63, 3.8) is 0 Å². The molecule has 0 fully saturated rings. The highest BCUT2D eigenvalue weighted by Gasteiger charge is 2.16. The van der Waals surface area contributed by atoms with Gasteiger partial charge < -0.3 is 9.84 Å². The highest BCUT2D eigenvalue weighted by atomic mass is 32.1. The van der Waals surface area contributed by atoms with Crippen molar-refractivity contribution in [1.82, 2.24) is 4.98 Å². The Morgan fingerprint density at radius 1 is 1.40 bits per heavy atom. The molecule has 4 nitrogen and oxygen atoms in total. The van der Waals surface area contributed by atoms with E-state index in [1.54, 1.807) is 0 Å². The monoisotopic (exact) mass is 291 g/mol. The third-order valence-electron chi connectivity index (χ3n) is 2.88. The summed E-state index contributed by atoms with van der Waals surface area (Å²) >= 11 is 1.44.